The summed E-state index contributed by atoms with van der Waals surface area (Å²) in [5.74, 6) is 2.25. The molecule has 1 aliphatic heterocycles. The number of benzene rings is 1. The number of rotatable bonds is 6. The summed E-state index contributed by atoms with van der Waals surface area (Å²) in [6.07, 6.45) is 2.65. The van der Waals surface area contributed by atoms with Gasteiger partial charge >= 0.3 is 0 Å². The molecule has 5 heteroatoms. The Bertz CT molecular complexity index is 461. The molecule has 0 aromatic heterocycles. The number of nitrogens with one attached hydrogen (secondary N) is 1. The Kier molecular flexibility index (Phi) is 6.26. The van der Waals surface area contributed by atoms with Gasteiger partial charge in [0.2, 0.25) is 0 Å². The van der Waals surface area contributed by atoms with Crippen LogP contribution in [0.1, 0.15) is 32.3 Å². The average molecular weight is 423 g/mol. The van der Waals surface area contributed by atoms with E-state index >= 15 is 0 Å². The Hall–Kier alpha value is 0.290. The van der Waals surface area contributed by atoms with Gasteiger partial charge in [0.05, 0.1) is 11.1 Å². The zero-order valence-electron chi connectivity index (χ0n) is 12.0. The van der Waals surface area contributed by atoms with Crippen molar-refractivity contribution in [3.63, 3.8) is 0 Å². The molecule has 0 aliphatic carbocycles. The Morgan fingerprint density at radius 1 is 1.40 bits per heavy atom. The van der Waals surface area contributed by atoms with Gasteiger partial charge in [0.1, 0.15) is 5.75 Å². The number of ether oxygens (including phenoxy) is 1. The molecule has 1 unspecified atom stereocenters. The highest BCUT2D eigenvalue weighted by Gasteiger charge is 2.28. The van der Waals surface area contributed by atoms with Gasteiger partial charge in [0, 0.05) is 27.9 Å². The van der Waals surface area contributed by atoms with E-state index in [0.29, 0.717) is 11.4 Å². The summed E-state index contributed by atoms with van der Waals surface area (Å²) in [6.45, 7) is 6.94. The smallest absolute Gasteiger partial charge is 0.138 e. The van der Waals surface area contributed by atoms with Gasteiger partial charge in [-0.15, -0.1) is 0 Å². The van der Waals surface area contributed by atoms with Crippen molar-refractivity contribution in [1.29, 1.82) is 0 Å². The van der Waals surface area contributed by atoms with Crippen molar-refractivity contribution < 1.29 is 4.74 Å². The summed E-state index contributed by atoms with van der Waals surface area (Å²) in [5, 5.41) is 3.59. The van der Waals surface area contributed by atoms with E-state index in [-0.39, 0.29) is 0 Å². The first-order valence-corrected chi connectivity index (χ1v) is 9.56. The Morgan fingerprint density at radius 3 is 2.85 bits per heavy atom. The molecule has 1 saturated heterocycles. The van der Waals surface area contributed by atoms with Gasteiger partial charge in [-0.3, -0.25) is 0 Å². The number of thioether (sulfide) groups is 1. The fourth-order valence-electron chi connectivity index (χ4n) is 2.49. The molecule has 0 amide bonds. The fraction of sp³-hybridized carbons (Fsp3) is 0.600. The van der Waals surface area contributed by atoms with Crippen molar-refractivity contribution in [3.05, 3.63) is 26.6 Å². The van der Waals surface area contributed by atoms with Crippen LogP contribution < -0.4 is 10.1 Å². The van der Waals surface area contributed by atoms with E-state index in [1.54, 1.807) is 0 Å². The second kappa shape index (κ2) is 7.52. The van der Waals surface area contributed by atoms with Gasteiger partial charge in [-0.05, 0) is 60.5 Å². The van der Waals surface area contributed by atoms with Gasteiger partial charge in [0.25, 0.3) is 0 Å². The van der Waals surface area contributed by atoms with Gasteiger partial charge in [-0.25, -0.2) is 0 Å². The Balaban J connectivity index is 2.01. The van der Waals surface area contributed by atoms with E-state index in [1.807, 2.05) is 13.0 Å². The highest BCUT2D eigenvalue weighted by atomic mass is 79.9. The summed E-state index contributed by atoms with van der Waals surface area (Å²) in [7, 11) is 0. The lowest BCUT2D eigenvalue weighted by Crippen LogP contribution is -2.32. The predicted octanol–water partition coefficient (Wildman–Crippen LogP) is 4.99. The lowest BCUT2D eigenvalue weighted by Gasteiger charge is -2.23. The van der Waals surface area contributed by atoms with E-state index in [1.165, 1.54) is 24.2 Å². The van der Waals surface area contributed by atoms with Gasteiger partial charge in [-0.1, -0.05) is 15.9 Å². The Morgan fingerprint density at radius 2 is 2.20 bits per heavy atom. The molecule has 112 valence electrons. The standard InChI is InChI=1S/C15H21Br2NOS/c1-3-19-14-11(7-12(16)8-13(14)17)9-18-10-15(2)5-4-6-20-15/h7-8,18H,3-6,9-10H2,1-2H3. The third-order valence-corrected chi connectivity index (χ3v) is 6.07. The molecule has 1 aromatic carbocycles. The minimum atomic E-state index is 0.398. The normalized spacial score (nSPS) is 22.2. The zero-order chi connectivity index (χ0) is 14.6. The first-order chi connectivity index (χ1) is 9.54. The highest BCUT2D eigenvalue weighted by molar-refractivity contribution is 9.11. The Labute approximate surface area is 142 Å². The van der Waals surface area contributed by atoms with Crippen LogP contribution in [0.15, 0.2) is 21.1 Å². The predicted molar refractivity (Wildman–Crippen MR) is 94.8 cm³/mol. The largest absolute Gasteiger partial charge is 0.492 e. The molecule has 1 aliphatic rings. The maximum atomic E-state index is 5.76. The van der Waals surface area contributed by atoms with E-state index in [2.05, 4.69) is 61.9 Å². The van der Waals surface area contributed by atoms with Crippen LogP contribution in [0.25, 0.3) is 0 Å². The molecule has 2 nitrogen and oxygen atoms in total. The first-order valence-electron chi connectivity index (χ1n) is 6.99. The van der Waals surface area contributed by atoms with Crippen LogP contribution in [0, 0.1) is 0 Å². The molecule has 1 fully saturated rings. The maximum absolute atomic E-state index is 5.76. The molecular weight excluding hydrogens is 402 g/mol. The number of hydrogen-bond acceptors (Lipinski definition) is 3. The van der Waals surface area contributed by atoms with Crippen molar-refractivity contribution in [2.75, 3.05) is 18.9 Å². The van der Waals surface area contributed by atoms with Gasteiger partial charge < -0.3 is 10.1 Å². The summed E-state index contributed by atoms with van der Waals surface area (Å²) < 4.78 is 8.24. The van der Waals surface area contributed by atoms with E-state index in [9.17, 15) is 0 Å². The summed E-state index contributed by atoms with van der Waals surface area (Å²) in [6, 6.07) is 4.16. The van der Waals surface area contributed by atoms with Crippen LogP contribution in [0.2, 0.25) is 0 Å². The van der Waals surface area contributed by atoms with Crippen molar-refractivity contribution in [3.8, 4) is 5.75 Å². The summed E-state index contributed by atoms with van der Waals surface area (Å²) in [5.41, 5.74) is 1.19. The molecule has 0 spiro atoms. The monoisotopic (exact) mass is 421 g/mol. The SMILES string of the molecule is CCOc1c(Br)cc(Br)cc1CNCC1(C)CCCS1. The van der Waals surface area contributed by atoms with Gasteiger partial charge in [0.15, 0.2) is 0 Å². The van der Waals surface area contributed by atoms with Crippen molar-refractivity contribution in [2.24, 2.45) is 0 Å². The number of hydrogen-bond donors (Lipinski definition) is 1. The molecule has 0 bridgehead atoms. The van der Waals surface area contributed by atoms with E-state index < -0.39 is 0 Å². The second-order valence-corrected chi connectivity index (χ2v) is 8.77. The molecule has 0 saturated carbocycles. The minimum absolute atomic E-state index is 0.398. The van der Waals surface area contributed by atoms with Crippen molar-refractivity contribution >= 4 is 43.6 Å². The highest BCUT2D eigenvalue weighted by Crippen LogP contribution is 2.37. The molecule has 1 aromatic rings. The third kappa shape index (κ3) is 4.39. The molecule has 1 N–H and O–H groups in total. The molecule has 1 atom stereocenters. The molecule has 0 radical (unpaired) electrons. The molecular formula is C15H21Br2NOS. The first kappa shape index (κ1) is 16.7. The van der Waals surface area contributed by atoms with Gasteiger partial charge in [-0.2, -0.15) is 11.8 Å². The average Bonchev–Trinajstić information content (AvgIpc) is 2.80. The van der Waals surface area contributed by atoms with Crippen molar-refractivity contribution in [1.82, 2.24) is 5.32 Å². The number of halogens is 2. The quantitative estimate of drug-likeness (QED) is 0.697. The van der Waals surface area contributed by atoms with Crippen LogP contribution in [0.4, 0.5) is 0 Å². The summed E-state index contributed by atoms with van der Waals surface area (Å²) >= 11 is 9.22. The molecule has 1 heterocycles. The third-order valence-electron chi connectivity index (χ3n) is 3.49. The lowest BCUT2D eigenvalue weighted by atomic mass is 10.1. The second-order valence-electron chi connectivity index (χ2n) is 5.31. The van der Waals surface area contributed by atoms with Crippen LogP contribution in [0.5, 0.6) is 5.75 Å². The maximum Gasteiger partial charge on any atom is 0.138 e. The van der Waals surface area contributed by atoms with E-state index in [0.717, 1.165) is 27.8 Å². The topological polar surface area (TPSA) is 21.3 Å². The van der Waals surface area contributed by atoms with Crippen LogP contribution in [-0.4, -0.2) is 23.7 Å². The lowest BCUT2D eigenvalue weighted by molar-refractivity contribution is 0.333. The fourth-order valence-corrected chi connectivity index (χ4v) is 5.19. The molecule has 20 heavy (non-hydrogen) atoms. The van der Waals surface area contributed by atoms with Crippen LogP contribution in [0.3, 0.4) is 0 Å². The van der Waals surface area contributed by atoms with Crippen LogP contribution >= 0.6 is 43.6 Å². The zero-order valence-corrected chi connectivity index (χ0v) is 16.0. The van der Waals surface area contributed by atoms with E-state index in [4.69, 9.17) is 4.74 Å². The summed E-state index contributed by atoms with van der Waals surface area (Å²) in [4.78, 5) is 0. The minimum Gasteiger partial charge on any atom is -0.492 e. The molecule has 2 rings (SSSR count). The van der Waals surface area contributed by atoms with Crippen molar-refractivity contribution in [2.45, 2.75) is 38.0 Å². The van der Waals surface area contributed by atoms with Crippen LogP contribution in [-0.2, 0) is 6.54 Å².